The number of piperidine rings is 1. The molecule has 6 heteroatoms. The van der Waals surface area contributed by atoms with Crippen LogP contribution >= 0.6 is 11.3 Å². The van der Waals surface area contributed by atoms with E-state index in [-0.39, 0.29) is 0 Å². The summed E-state index contributed by atoms with van der Waals surface area (Å²) in [7, 11) is 0. The minimum absolute atomic E-state index is 0.500. The third-order valence-corrected chi connectivity index (χ3v) is 4.79. The van der Waals surface area contributed by atoms with Crippen molar-refractivity contribution in [3.63, 3.8) is 0 Å². The zero-order valence-electron chi connectivity index (χ0n) is 12.0. The maximum Gasteiger partial charge on any atom is 0.328 e. The first-order valence-corrected chi connectivity index (χ1v) is 8.22. The van der Waals surface area contributed by atoms with Crippen LogP contribution in [-0.4, -0.2) is 33.0 Å². The van der Waals surface area contributed by atoms with Gasteiger partial charge in [0.1, 0.15) is 0 Å². The number of aliphatic carboxylic acids is 1. The lowest BCUT2D eigenvalue weighted by Crippen LogP contribution is -2.39. The number of rotatable bonds is 4. The second-order valence-electron chi connectivity index (χ2n) is 5.30. The van der Waals surface area contributed by atoms with Crippen LogP contribution in [0.4, 0.5) is 5.82 Å². The van der Waals surface area contributed by atoms with Gasteiger partial charge in [-0.3, -0.25) is 4.40 Å². The molecule has 0 radical (unpaired) electrons. The van der Waals surface area contributed by atoms with Gasteiger partial charge in [-0.2, -0.15) is 0 Å². The molecular weight excluding hydrogens is 286 g/mol. The lowest BCUT2D eigenvalue weighted by Gasteiger charge is -2.36. The Morgan fingerprint density at radius 3 is 3.19 bits per heavy atom. The second-order valence-corrected chi connectivity index (χ2v) is 6.17. The van der Waals surface area contributed by atoms with E-state index in [4.69, 9.17) is 10.1 Å². The number of carboxylic acids is 1. The fraction of sp³-hybridized carbons (Fsp3) is 0.467. The van der Waals surface area contributed by atoms with Gasteiger partial charge in [0, 0.05) is 30.2 Å². The molecule has 0 aromatic carbocycles. The molecule has 1 fully saturated rings. The molecule has 5 nitrogen and oxygen atoms in total. The van der Waals surface area contributed by atoms with E-state index in [0.29, 0.717) is 6.04 Å². The first-order valence-electron chi connectivity index (χ1n) is 7.34. The van der Waals surface area contributed by atoms with E-state index in [1.54, 1.807) is 17.4 Å². The Kier molecular flexibility index (Phi) is 3.96. The number of imidazole rings is 1. The second kappa shape index (κ2) is 5.89. The SMILES string of the molecule is CCC1CCCCN1c1nc2sccn2c1/C=C/C(=O)O. The van der Waals surface area contributed by atoms with Gasteiger partial charge in [0.2, 0.25) is 0 Å². The van der Waals surface area contributed by atoms with Gasteiger partial charge in [0.15, 0.2) is 10.8 Å². The number of carbonyl (C=O) groups is 1. The van der Waals surface area contributed by atoms with Gasteiger partial charge in [0.05, 0.1) is 5.69 Å². The zero-order chi connectivity index (χ0) is 14.8. The molecule has 3 heterocycles. The Hall–Kier alpha value is -1.82. The van der Waals surface area contributed by atoms with E-state index in [9.17, 15) is 4.79 Å². The molecule has 1 saturated heterocycles. The number of thiazole rings is 1. The van der Waals surface area contributed by atoms with Gasteiger partial charge >= 0.3 is 5.97 Å². The summed E-state index contributed by atoms with van der Waals surface area (Å²) in [5, 5.41) is 10.9. The van der Waals surface area contributed by atoms with Crippen LogP contribution in [0.3, 0.4) is 0 Å². The van der Waals surface area contributed by atoms with Crippen molar-refractivity contribution in [3.05, 3.63) is 23.3 Å². The van der Waals surface area contributed by atoms with Crippen LogP contribution in [0, 0.1) is 0 Å². The van der Waals surface area contributed by atoms with Gasteiger partial charge < -0.3 is 10.0 Å². The van der Waals surface area contributed by atoms with Crippen molar-refractivity contribution >= 4 is 34.2 Å². The van der Waals surface area contributed by atoms with E-state index < -0.39 is 5.97 Å². The Bertz CT molecular complexity index is 674. The van der Waals surface area contributed by atoms with Gasteiger partial charge in [-0.05, 0) is 31.8 Å². The molecule has 0 spiro atoms. The highest BCUT2D eigenvalue weighted by molar-refractivity contribution is 7.15. The topological polar surface area (TPSA) is 57.8 Å². The number of fused-ring (bicyclic) bond motifs is 1. The molecular formula is C15H19N3O2S. The molecule has 0 saturated carbocycles. The van der Waals surface area contributed by atoms with Crippen LogP contribution < -0.4 is 4.90 Å². The van der Waals surface area contributed by atoms with Crippen LogP contribution in [0.25, 0.3) is 11.0 Å². The van der Waals surface area contributed by atoms with Gasteiger partial charge in [-0.1, -0.05) is 6.92 Å². The molecule has 1 atom stereocenters. The molecule has 1 N–H and O–H groups in total. The average molecular weight is 305 g/mol. The Balaban J connectivity index is 2.05. The summed E-state index contributed by atoms with van der Waals surface area (Å²) in [5.74, 6) is -0.0114. The van der Waals surface area contributed by atoms with Crippen LogP contribution in [0.15, 0.2) is 17.7 Å². The molecule has 3 rings (SSSR count). The number of anilines is 1. The van der Waals surface area contributed by atoms with Gasteiger partial charge in [-0.15, -0.1) is 11.3 Å². The van der Waals surface area contributed by atoms with Crippen molar-refractivity contribution in [1.82, 2.24) is 9.38 Å². The number of hydrogen-bond acceptors (Lipinski definition) is 4. The molecule has 2 aromatic rings. The molecule has 112 valence electrons. The highest BCUT2D eigenvalue weighted by atomic mass is 32.1. The van der Waals surface area contributed by atoms with Crippen molar-refractivity contribution < 1.29 is 9.90 Å². The molecule has 0 aliphatic carbocycles. The molecule has 2 aromatic heterocycles. The van der Waals surface area contributed by atoms with Crippen LogP contribution in [0.2, 0.25) is 0 Å². The standard InChI is InChI=1S/C15H19N3O2S/c1-2-11-5-3-4-8-17(11)14-12(6-7-13(19)20)18-9-10-21-15(18)16-14/h6-7,9-11H,2-5,8H2,1H3,(H,19,20)/b7-6+. The van der Waals surface area contributed by atoms with Crippen molar-refractivity contribution in [2.24, 2.45) is 0 Å². The van der Waals surface area contributed by atoms with E-state index in [2.05, 4.69) is 11.8 Å². The first kappa shape index (κ1) is 14.1. The van der Waals surface area contributed by atoms with Crippen molar-refractivity contribution in [3.8, 4) is 0 Å². The van der Waals surface area contributed by atoms with Crippen molar-refractivity contribution in [2.45, 2.75) is 38.6 Å². The summed E-state index contributed by atoms with van der Waals surface area (Å²) in [6, 6.07) is 0.500. The van der Waals surface area contributed by atoms with Gasteiger partial charge in [0.25, 0.3) is 0 Å². The maximum atomic E-state index is 10.8. The Morgan fingerprint density at radius 1 is 1.57 bits per heavy atom. The summed E-state index contributed by atoms with van der Waals surface area (Å²) in [6.45, 7) is 3.20. The van der Waals surface area contributed by atoms with E-state index in [0.717, 1.165) is 29.4 Å². The third kappa shape index (κ3) is 2.68. The van der Waals surface area contributed by atoms with E-state index in [1.165, 1.54) is 25.3 Å². The monoisotopic (exact) mass is 305 g/mol. The fourth-order valence-corrected chi connectivity index (χ4v) is 3.73. The summed E-state index contributed by atoms with van der Waals surface area (Å²) < 4.78 is 1.97. The van der Waals surface area contributed by atoms with Crippen molar-refractivity contribution in [1.29, 1.82) is 0 Å². The lowest BCUT2D eigenvalue weighted by molar-refractivity contribution is -0.131. The maximum absolute atomic E-state index is 10.8. The quantitative estimate of drug-likeness (QED) is 0.881. The predicted octanol–water partition coefficient (Wildman–Crippen LogP) is 3.26. The molecule has 0 bridgehead atoms. The first-order chi connectivity index (χ1) is 10.2. The number of carboxylic acid groups (broad SMARTS) is 1. The minimum Gasteiger partial charge on any atom is -0.478 e. The van der Waals surface area contributed by atoms with Crippen molar-refractivity contribution in [2.75, 3.05) is 11.4 Å². The molecule has 1 aliphatic rings. The molecule has 1 unspecified atom stereocenters. The normalized spacial score (nSPS) is 19.7. The Morgan fingerprint density at radius 2 is 2.43 bits per heavy atom. The number of hydrogen-bond donors (Lipinski definition) is 1. The highest BCUT2D eigenvalue weighted by Crippen LogP contribution is 2.31. The minimum atomic E-state index is -0.934. The fourth-order valence-electron chi connectivity index (χ4n) is 3.01. The van der Waals surface area contributed by atoms with E-state index >= 15 is 0 Å². The molecule has 1 aliphatic heterocycles. The average Bonchev–Trinajstić information content (AvgIpc) is 3.05. The molecule has 0 amide bonds. The van der Waals surface area contributed by atoms with Crippen LogP contribution in [-0.2, 0) is 4.79 Å². The smallest absolute Gasteiger partial charge is 0.328 e. The summed E-state index contributed by atoms with van der Waals surface area (Å²) in [6.07, 6.45) is 9.50. The lowest BCUT2D eigenvalue weighted by atomic mass is 10.00. The van der Waals surface area contributed by atoms with E-state index in [1.807, 2.05) is 16.0 Å². The third-order valence-electron chi connectivity index (χ3n) is 4.03. The van der Waals surface area contributed by atoms with Crippen LogP contribution in [0.1, 0.15) is 38.3 Å². The highest BCUT2D eigenvalue weighted by Gasteiger charge is 2.26. The number of nitrogens with zero attached hydrogens (tertiary/aromatic N) is 3. The predicted molar refractivity (Wildman–Crippen MR) is 85.0 cm³/mol. The molecule has 21 heavy (non-hydrogen) atoms. The number of aromatic nitrogens is 2. The summed E-state index contributed by atoms with van der Waals surface area (Å²) in [4.78, 5) is 18.8. The van der Waals surface area contributed by atoms with Gasteiger partial charge in [-0.25, -0.2) is 9.78 Å². The summed E-state index contributed by atoms with van der Waals surface area (Å²) >= 11 is 1.57. The van der Waals surface area contributed by atoms with Crippen LogP contribution in [0.5, 0.6) is 0 Å². The Labute approximate surface area is 127 Å². The largest absolute Gasteiger partial charge is 0.478 e. The zero-order valence-corrected chi connectivity index (χ0v) is 12.8. The summed E-state index contributed by atoms with van der Waals surface area (Å²) in [5.41, 5.74) is 0.869.